The summed E-state index contributed by atoms with van der Waals surface area (Å²) in [5.41, 5.74) is 1.65. The normalized spacial score (nSPS) is 12.0. The van der Waals surface area contributed by atoms with Gasteiger partial charge in [0, 0.05) is 29.8 Å². The second-order valence-corrected chi connectivity index (χ2v) is 8.84. The van der Waals surface area contributed by atoms with E-state index >= 15 is 0 Å². The van der Waals surface area contributed by atoms with Gasteiger partial charge < -0.3 is 5.32 Å². The number of sulfonamides is 1. The number of benzene rings is 1. The molecule has 0 aliphatic rings. The molecule has 1 aromatic carbocycles. The highest BCUT2D eigenvalue weighted by atomic mass is 35.5. The summed E-state index contributed by atoms with van der Waals surface area (Å²) in [4.78, 5) is 11.1. The molecule has 0 fully saturated rings. The van der Waals surface area contributed by atoms with E-state index in [4.69, 9.17) is 11.6 Å². The molecule has 1 amide bonds. The van der Waals surface area contributed by atoms with Gasteiger partial charge >= 0.3 is 0 Å². The minimum absolute atomic E-state index is 0.136. The summed E-state index contributed by atoms with van der Waals surface area (Å²) in [6.07, 6.45) is 0. The van der Waals surface area contributed by atoms with E-state index < -0.39 is 14.8 Å². The van der Waals surface area contributed by atoms with Crippen LogP contribution in [0.15, 0.2) is 24.8 Å². The Morgan fingerprint density at radius 1 is 1.32 bits per heavy atom. The largest absolute Gasteiger partial charge is 0.326 e. The molecule has 0 heterocycles. The van der Waals surface area contributed by atoms with E-state index in [0.29, 0.717) is 16.3 Å². The molecule has 0 saturated carbocycles. The van der Waals surface area contributed by atoms with Crippen molar-refractivity contribution < 1.29 is 13.2 Å². The van der Waals surface area contributed by atoms with Crippen molar-refractivity contribution in [3.8, 4) is 0 Å². The number of amides is 1. The number of halogens is 1. The van der Waals surface area contributed by atoms with Crippen molar-refractivity contribution in [2.75, 3.05) is 0 Å². The molecule has 0 radical (unpaired) electrons. The van der Waals surface area contributed by atoms with Gasteiger partial charge in [-0.1, -0.05) is 24.2 Å². The third kappa shape index (κ3) is 4.83. The Morgan fingerprint density at radius 2 is 1.91 bits per heavy atom. The molecule has 0 bridgehead atoms. The molecule has 7 heteroatoms. The molecule has 0 aliphatic heterocycles. The smallest absolute Gasteiger partial charge is 0.221 e. The minimum atomic E-state index is -3.43. The molecule has 1 rings (SSSR count). The van der Waals surface area contributed by atoms with E-state index in [1.54, 1.807) is 39.0 Å². The molecule has 0 spiro atoms. The second-order valence-electron chi connectivity index (χ2n) is 5.91. The van der Waals surface area contributed by atoms with Crippen LogP contribution in [0.3, 0.4) is 0 Å². The van der Waals surface area contributed by atoms with E-state index in [-0.39, 0.29) is 12.5 Å². The Balaban J connectivity index is 2.95. The third-order valence-corrected chi connectivity index (χ3v) is 5.42. The van der Waals surface area contributed by atoms with Gasteiger partial charge in [0.1, 0.15) is 0 Å². The summed E-state index contributed by atoms with van der Waals surface area (Å²) < 4.78 is 25.8. The minimum Gasteiger partial charge on any atom is -0.326 e. The quantitative estimate of drug-likeness (QED) is 0.862. The van der Waals surface area contributed by atoms with Crippen LogP contribution >= 0.6 is 11.6 Å². The topological polar surface area (TPSA) is 75.3 Å². The summed E-state index contributed by atoms with van der Waals surface area (Å²) in [6, 6.07) is 5.06. The number of carbonyl (C=O) groups excluding carboxylic acids is 1. The van der Waals surface area contributed by atoms with E-state index in [9.17, 15) is 13.2 Å². The lowest BCUT2D eigenvalue weighted by atomic mass is 10.1. The third-order valence-electron chi connectivity index (χ3n) is 2.96. The Labute approximate surface area is 136 Å². The highest BCUT2D eigenvalue weighted by molar-refractivity contribution is 7.90. The fourth-order valence-electron chi connectivity index (χ4n) is 1.59. The highest BCUT2D eigenvalue weighted by Crippen LogP contribution is 2.23. The zero-order chi connectivity index (χ0) is 17.1. The first-order chi connectivity index (χ1) is 9.94. The molecule has 122 valence electrons. The molecule has 5 nitrogen and oxygen atoms in total. The Bertz CT molecular complexity index is 691. The van der Waals surface area contributed by atoms with Crippen LogP contribution in [0.2, 0.25) is 5.02 Å². The molecular weight excluding hydrogens is 324 g/mol. The highest BCUT2D eigenvalue weighted by Gasteiger charge is 2.28. The molecule has 22 heavy (non-hydrogen) atoms. The van der Waals surface area contributed by atoms with Gasteiger partial charge in [0.2, 0.25) is 15.9 Å². The van der Waals surface area contributed by atoms with Gasteiger partial charge in [-0.05, 0) is 38.5 Å². The van der Waals surface area contributed by atoms with Gasteiger partial charge in [-0.15, -0.1) is 0 Å². The van der Waals surface area contributed by atoms with Crippen molar-refractivity contribution in [3.05, 3.63) is 40.9 Å². The fourth-order valence-corrected chi connectivity index (χ4v) is 2.61. The number of nitrogens with one attached hydrogen (secondary N) is 2. The lowest BCUT2D eigenvalue weighted by Crippen LogP contribution is -2.38. The van der Waals surface area contributed by atoms with Gasteiger partial charge in [-0.2, -0.15) is 0 Å². The van der Waals surface area contributed by atoms with E-state index in [0.717, 1.165) is 5.56 Å². The fraction of sp³-hybridized carbons (Fsp3) is 0.400. The first-order valence-electron chi connectivity index (χ1n) is 6.68. The SMILES string of the molecule is C=C(NC(C)=O)c1cc(CNS(=O)(=O)C(C)(C)C)ccc1Cl. The van der Waals surface area contributed by atoms with Crippen LogP contribution in [-0.2, 0) is 21.4 Å². The molecule has 2 N–H and O–H groups in total. The number of hydrogen-bond acceptors (Lipinski definition) is 3. The molecule has 0 aromatic heterocycles. The zero-order valence-corrected chi connectivity index (χ0v) is 14.7. The van der Waals surface area contributed by atoms with Gasteiger partial charge in [0.05, 0.1) is 4.75 Å². The van der Waals surface area contributed by atoms with Gasteiger partial charge in [0.25, 0.3) is 0 Å². The van der Waals surface area contributed by atoms with Crippen LogP contribution in [0.1, 0.15) is 38.8 Å². The summed E-state index contributed by atoms with van der Waals surface area (Å²) in [6.45, 7) is 10.2. The Morgan fingerprint density at radius 3 is 2.41 bits per heavy atom. The maximum absolute atomic E-state index is 12.0. The Kier molecular flexibility index (Phi) is 5.78. The average Bonchev–Trinajstić information content (AvgIpc) is 2.35. The lowest BCUT2D eigenvalue weighted by Gasteiger charge is -2.20. The summed E-state index contributed by atoms with van der Waals surface area (Å²) in [5.74, 6) is -0.250. The van der Waals surface area contributed by atoms with Crippen molar-refractivity contribution in [1.29, 1.82) is 0 Å². The van der Waals surface area contributed by atoms with Gasteiger partial charge in [-0.25, -0.2) is 13.1 Å². The lowest BCUT2D eigenvalue weighted by molar-refractivity contribution is -0.117. The monoisotopic (exact) mass is 344 g/mol. The predicted molar refractivity (Wildman–Crippen MR) is 89.8 cm³/mol. The van der Waals surface area contributed by atoms with Gasteiger partial charge in [0.15, 0.2) is 0 Å². The summed E-state index contributed by atoms with van der Waals surface area (Å²) in [5, 5.41) is 3.00. The van der Waals surface area contributed by atoms with E-state index in [1.165, 1.54) is 6.92 Å². The van der Waals surface area contributed by atoms with Crippen LogP contribution in [-0.4, -0.2) is 19.1 Å². The molecule has 0 unspecified atom stereocenters. The van der Waals surface area contributed by atoms with Crippen molar-refractivity contribution in [2.24, 2.45) is 0 Å². The standard InChI is InChI=1S/C15H21ClN2O3S/c1-10(18-11(2)19)13-8-12(6-7-14(13)16)9-17-22(20,21)15(3,4)5/h6-8,17H,1,9H2,2-5H3,(H,18,19). The van der Waals surface area contributed by atoms with Crippen molar-refractivity contribution in [2.45, 2.75) is 39.0 Å². The van der Waals surface area contributed by atoms with Crippen LogP contribution < -0.4 is 10.0 Å². The molecule has 0 aliphatic carbocycles. The maximum Gasteiger partial charge on any atom is 0.221 e. The average molecular weight is 345 g/mol. The van der Waals surface area contributed by atoms with Gasteiger partial charge in [-0.3, -0.25) is 4.79 Å². The van der Waals surface area contributed by atoms with E-state index in [1.807, 2.05) is 0 Å². The first kappa shape index (κ1) is 18.7. The second kappa shape index (κ2) is 6.81. The van der Waals surface area contributed by atoms with Crippen molar-refractivity contribution in [1.82, 2.24) is 10.0 Å². The van der Waals surface area contributed by atoms with Crippen LogP contribution in [0, 0.1) is 0 Å². The first-order valence-corrected chi connectivity index (χ1v) is 8.54. The van der Waals surface area contributed by atoms with Crippen molar-refractivity contribution >= 4 is 33.2 Å². The molecule has 0 saturated heterocycles. The molecule has 1 aromatic rings. The molecular formula is C15H21ClN2O3S. The zero-order valence-electron chi connectivity index (χ0n) is 13.2. The number of rotatable bonds is 5. The van der Waals surface area contributed by atoms with Crippen molar-refractivity contribution in [3.63, 3.8) is 0 Å². The summed E-state index contributed by atoms with van der Waals surface area (Å²) >= 11 is 6.09. The molecule has 0 atom stereocenters. The number of hydrogen-bond donors (Lipinski definition) is 2. The predicted octanol–water partition coefficient (Wildman–Crippen LogP) is 2.66. The van der Waals surface area contributed by atoms with Crippen LogP contribution in [0.5, 0.6) is 0 Å². The van der Waals surface area contributed by atoms with Crippen LogP contribution in [0.4, 0.5) is 0 Å². The Hall–Kier alpha value is -1.37. The van der Waals surface area contributed by atoms with E-state index in [2.05, 4.69) is 16.6 Å². The maximum atomic E-state index is 12.0. The number of carbonyl (C=O) groups is 1. The summed E-state index contributed by atoms with van der Waals surface area (Å²) in [7, 11) is -3.43. The van der Waals surface area contributed by atoms with Crippen LogP contribution in [0.25, 0.3) is 5.70 Å².